The quantitative estimate of drug-likeness (QED) is 0.585. The van der Waals surface area contributed by atoms with Crippen LogP contribution in [0.3, 0.4) is 0 Å². The highest BCUT2D eigenvalue weighted by Crippen LogP contribution is 2.30. The first-order valence-electron chi connectivity index (χ1n) is 10.3. The zero-order valence-corrected chi connectivity index (χ0v) is 17.6. The second-order valence-electron chi connectivity index (χ2n) is 7.40. The number of aromatic nitrogens is 1. The number of hydrogen-bond acceptors (Lipinski definition) is 6. The molecule has 1 aromatic heterocycles. The summed E-state index contributed by atoms with van der Waals surface area (Å²) in [7, 11) is 0. The number of pyridine rings is 1. The fourth-order valence-electron chi connectivity index (χ4n) is 3.68. The van der Waals surface area contributed by atoms with Crippen LogP contribution in [-0.2, 0) is 4.74 Å². The predicted octanol–water partition coefficient (Wildman–Crippen LogP) is 2.81. The van der Waals surface area contributed by atoms with E-state index in [2.05, 4.69) is 5.92 Å². The van der Waals surface area contributed by atoms with Gasteiger partial charge in [-0.1, -0.05) is 42.3 Å². The van der Waals surface area contributed by atoms with Crippen molar-refractivity contribution in [1.82, 2.24) is 4.57 Å². The van der Waals surface area contributed by atoms with Crippen LogP contribution in [0.25, 0.3) is 0 Å². The number of ether oxygens (including phenoxy) is 2. The molecule has 0 bridgehead atoms. The lowest BCUT2D eigenvalue weighted by Gasteiger charge is -2.23. The monoisotopic (exact) mass is 446 g/mol. The molecule has 2 aromatic carbocycles. The van der Waals surface area contributed by atoms with Crippen molar-refractivity contribution in [3.8, 4) is 18.1 Å². The largest absolute Gasteiger partial charge is 0.424 e. The van der Waals surface area contributed by atoms with E-state index in [-0.39, 0.29) is 24.3 Å². The van der Waals surface area contributed by atoms with E-state index in [0.29, 0.717) is 11.4 Å². The minimum atomic E-state index is -0.913. The van der Waals surface area contributed by atoms with Crippen LogP contribution in [0, 0.1) is 12.3 Å². The van der Waals surface area contributed by atoms with Gasteiger partial charge in [0.15, 0.2) is 5.75 Å². The first kappa shape index (κ1) is 22.3. The van der Waals surface area contributed by atoms with Crippen LogP contribution in [0.2, 0.25) is 0 Å². The van der Waals surface area contributed by atoms with Crippen LogP contribution in [0.5, 0.6) is 5.75 Å². The van der Waals surface area contributed by atoms with Gasteiger partial charge < -0.3 is 19.7 Å². The molecule has 4 rings (SSSR count). The van der Waals surface area contributed by atoms with E-state index in [4.69, 9.17) is 15.9 Å². The Kier molecular flexibility index (Phi) is 6.56. The first-order valence-corrected chi connectivity index (χ1v) is 10.3. The summed E-state index contributed by atoms with van der Waals surface area (Å²) in [6.07, 6.45) is 3.83. The number of benzene rings is 2. The lowest BCUT2D eigenvalue weighted by Crippen LogP contribution is -2.31. The first-order chi connectivity index (χ1) is 16.0. The van der Waals surface area contributed by atoms with E-state index in [1.54, 1.807) is 48.5 Å². The summed E-state index contributed by atoms with van der Waals surface area (Å²) in [5.41, 5.74) is 0.391. The third-order valence-corrected chi connectivity index (χ3v) is 5.33. The standard InChI is InChI=1S/C25H22N2O6/c1-2-19-21(13-14-26(24(19)30)23-15-20(29)22(16-28)32-23)33-25(31)27(17-9-5-3-6-10-17)18-11-7-4-8-12-18/h1,3-14,20,22-23,28-29H,15-16H2/t20-,22+,23+/m0/s1. The molecule has 2 N–H and O–H groups in total. The zero-order chi connectivity index (χ0) is 23.4. The summed E-state index contributed by atoms with van der Waals surface area (Å²) >= 11 is 0. The Morgan fingerprint density at radius 2 is 1.73 bits per heavy atom. The minimum Gasteiger partial charge on any atom is -0.408 e. The SMILES string of the molecule is C#Cc1c(OC(=O)N(c2ccccc2)c2ccccc2)ccn([C@H]2C[C@H](O)[C@@H](CO)O2)c1=O. The van der Waals surface area contributed by atoms with Crippen molar-refractivity contribution in [3.63, 3.8) is 0 Å². The molecule has 1 saturated heterocycles. The predicted molar refractivity (Wildman–Crippen MR) is 121 cm³/mol. The van der Waals surface area contributed by atoms with E-state index in [1.807, 2.05) is 12.1 Å². The lowest BCUT2D eigenvalue weighted by atomic mass is 10.2. The summed E-state index contributed by atoms with van der Waals surface area (Å²) in [4.78, 5) is 27.6. The summed E-state index contributed by atoms with van der Waals surface area (Å²) in [5.74, 6) is 2.22. The molecule has 0 spiro atoms. The second-order valence-corrected chi connectivity index (χ2v) is 7.40. The van der Waals surface area contributed by atoms with Gasteiger partial charge in [-0.15, -0.1) is 6.42 Å². The number of para-hydroxylation sites is 2. The number of carbonyl (C=O) groups is 1. The van der Waals surface area contributed by atoms with Gasteiger partial charge in [-0.3, -0.25) is 9.36 Å². The molecule has 8 heteroatoms. The van der Waals surface area contributed by atoms with Crippen LogP contribution in [0.4, 0.5) is 16.2 Å². The molecule has 0 aliphatic carbocycles. The van der Waals surface area contributed by atoms with E-state index in [1.165, 1.54) is 21.7 Å². The number of rotatable bonds is 5. The average molecular weight is 446 g/mol. The zero-order valence-electron chi connectivity index (χ0n) is 17.6. The Bertz CT molecular complexity index is 1180. The molecule has 33 heavy (non-hydrogen) atoms. The van der Waals surface area contributed by atoms with Crippen LogP contribution < -0.4 is 15.2 Å². The number of nitrogens with zero attached hydrogens (tertiary/aromatic N) is 2. The van der Waals surface area contributed by atoms with Crippen molar-refractivity contribution < 1.29 is 24.5 Å². The summed E-state index contributed by atoms with van der Waals surface area (Å²) in [6, 6.07) is 19.3. The molecule has 0 unspecified atom stereocenters. The Morgan fingerprint density at radius 3 is 2.24 bits per heavy atom. The van der Waals surface area contributed by atoms with Crippen molar-refractivity contribution in [2.75, 3.05) is 11.5 Å². The van der Waals surface area contributed by atoms with Gasteiger partial charge in [0.25, 0.3) is 5.56 Å². The number of carbonyl (C=O) groups excluding carboxylic acids is 1. The number of aliphatic hydroxyl groups is 2. The topological polar surface area (TPSA) is 101 Å². The Morgan fingerprint density at radius 1 is 1.12 bits per heavy atom. The molecule has 3 atom stereocenters. The fourth-order valence-corrected chi connectivity index (χ4v) is 3.68. The van der Waals surface area contributed by atoms with E-state index in [9.17, 15) is 19.8 Å². The number of aliphatic hydroxyl groups excluding tert-OH is 2. The Labute approximate surface area is 190 Å². The average Bonchev–Trinajstić information content (AvgIpc) is 3.21. The van der Waals surface area contributed by atoms with Crippen molar-refractivity contribution in [1.29, 1.82) is 0 Å². The highest BCUT2D eigenvalue weighted by molar-refractivity contribution is 5.97. The molecular formula is C25H22N2O6. The molecule has 0 radical (unpaired) electrons. The van der Waals surface area contributed by atoms with E-state index >= 15 is 0 Å². The van der Waals surface area contributed by atoms with Gasteiger partial charge in [-0.2, -0.15) is 0 Å². The number of amides is 1. The van der Waals surface area contributed by atoms with Gasteiger partial charge in [0.2, 0.25) is 0 Å². The maximum atomic E-state index is 13.2. The molecule has 2 heterocycles. The van der Waals surface area contributed by atoms with E-state index in [0.717, 1.165) is 0 Å². The molecule has 3 aromatic rings. The summed E-state index contributed by atoms with van der Waals surface area (Å²) < 4.78 is 12.3. The van der Waals surface area contributed by atoms with Crippen molar-refractivity contribution in [2.45, 2.75) is 24.9 Å². The third-order valence-electron chi connectivity index (χ3n) is 5.33. The maximum Gasteiger partial charge on any atom is 0.424 e. The van der Waals surface area contributed by atoms with Crippen molar-refractivity contribution in [2.24, 2.45) is 0 Å². The highest BCUT2D eigenvalue weighted by atomic mass is 16.6. The molecule has 0 saturated carbocycles. The summed E-state index contributed by atoms with van der Waals surface area (Å²) in [5, 5.41) is 19.3. The van der Waals surface area contributed by atoms with Crippen LogP contribution in [0.15, 0.2) is 77.7 Å². The molecule has 8 nitrogen and oxygen atoms in total. The van der Waals surface area contributed by atoms with Gasteiger partial charge in [0, 0.05) is 12.6 Å². The molecule has 1 amide bonds. The highest BCUT2D eigenvalue weighted by Gasteiger charge is 2.35. The normalized spacial score (nSPS) is 19.6. The van der Waals surface area contributed by atoms with Gasteiger partial charge in [-0.05, 0) is 30.3 Å². The number of hydrogen-bond donors (Lipinski definition) is 2. The Balaban J connectivity index is 1.65. The maximum absolute atomic E-state index is 13.2. The van der Waals surface area contributed by atoms with Crippen molar-refractivity contribution in [3.05, 3.63) is 88.8 Å². The third kappa shape index (κ3) is 4.52. The molecule has 168 valence electrons. The Hall–Kier alpha value is -3.90. The summed E-state index contributed by atoms with van der Waals surface area (Å²) in [6.45, 7) is -0.376. The number of terminal acetylenes is 1. The van der Waals surface area contributed by atoms with Gasteiger partial charge in [-0.25, -0.2) is 9.69 Å². The smallest absolute Gasteiger partial charge is 0.408 e. The molecule has 1 aliphatic rings. The minimum absolute atomic E-state index is 0.0714. The van der Waals surface area contributed by atoms with E-state index < -0.39 is 30.1 Å². The van der Waals surface area contributed by atoms with Crippen molar-refractivity contribution >= 4 is 17.5 Å². The van der Waals surface area contributed by atoms with Crippen LogP contribution in [0.1, 0.15) is 18.2 Å². The van der Waals surface area contributed by atoms with Crippen LogP contribution in [-0.4, -0.2) is 39.7 Å². The molecule has 1 aliphatic heterocycles. The van der Waals surface area contributed by atoms with Gasteiger partial charge in [0.05, 0.1) is 24.1 Å². The second kappa shape index (κ2) is 9.71. The van der Waals surface area contributed by atoms with Crippen LogP contribution >= 0.6 is 0 Å². The lowest BCUT2D eigenvalue weighted by molar-refractivity contribution is -0.0455. The fraction of sp³-hybridized carbons (Fsp3) is 0.200. The molecule has 1 fully saturated rings. The van der Waals surface area contributed by atoms with Gasteiger partial charge >= 0.3 is 6.09 Å². The molecular weight excluding hydrogens is 424 g/mol. The number of anilines is 2. The van der Waals surface area contributed by atoms with Gasteiger partial charge in [0.1, 0.15) is 17.9 Å².